The Bertz CT molecular complexity index is 406. The van der Waals surface area contributed by atoms with Crippen molar-refractivity contribution >= 4 is 0 Å². The van der Waals surface area contributed by atoms with Gasteiger partial charge in [-0.15, -0.1) is 0 Å². The minimum Gasteiger partial charge on any atom is -0.493 e. The summed E-state index contributed by atoms with van der Waals surface area (Å²) in [6.07, 6.45) is 0. The summed E-state index contributed by atoms with van der Waals surface area (Å²) in [5.41, 5.74) is 1.20. The van der Waals surface area contributed by atoms with Crippen LogP contribution >= 0.6 is 0 Å². The van der Waals surface area contributed by atoms with E-state index in [1.807, 2.05) is 12.1 Å². The molecule has 0 radical (unpaired) electrons. The second kappa shape index (κ2) is 8.09. The number of rotatable bonds is 7. The Balaban J connectivity index is 1.73. The molecule has 0 atom stereocenters. The van der Waals surface area contributed by atoms with Gasteiger partial charge in [-0.2, -0.15) is 0 Å². The molecule has 1 aromatic carbocycles. The van der Waals surface area contributed by atoms with E-state index in [1.54, 1.807) is 14.2 Å². The standard InChI is InChI=1S/C15H24N2O3/c1-18-14-4-3-13(11-15(14)19-2)12-16-5-6-17-7-9-20-10-8-17/h3-4,11,16H,5-10,12H2,1-2H3. The largest absolute Gasteiger partial charge is 0.493 e. The van der Waals surface area contributed by atoms with Gasteiger partial charge in [-0.05, 0) is 17.7 Å². The molecule has 1 N–H and O–H groups in total. The lowest BCUT2D eigenvalue weighted by Crippen LogP contribution is -2.40. The molecule has 5 nitrogen and oxygen atoms in total. The van der Waals surface area contributed by atoms with E-state index < -0.39 is 0 Å². The predicted molar refractivity (Wildman–Crippen MR) is 78.5 cm³/mol. The van der Waals surface area contributed by atoms with Gasteiger partial charge in [0, 0.05) is 32.7 Å². The molecular formula is C15H24N2O3. The van der Waals surface area contributed by atoms with Crippen molar-refractivity contribution in [3.05, 3.63) is 23.8 Å². The first-order chi connectivity index (χ1) is 9.83. The van der Waals surface area contributed by atoms with Crippen LogP contribution < -0.4 is 14.8 Å². The third-order valence-corrected chi connectivity index (χ3v) is 3.49. The van der Waals surface area contributed by atoms with Crippen molar-refractivity contribution in [3.63, 3.8) is 0 Å². The van der Waals surface area contributed by atoms with E-state index in [1.165, 1.54) is 5.56 Å². The zero-order chi connectivity index (χ0) is 14.2. The zero-order valence-corrected chi connectivity index (χ0v) is 12.4. The molecule has 0 aliphatic carbocycles. The average molecular weight is 280 g/mol. The zero-order valence-electron chi connectivity index (χ0n) is 12.4. The highest BCUT2D eigenvalue weighted by atomic mass is 16.5. The van der Waals surface area contributed by atoms with Crippen LogP contribution in [0.1, 0.15) is 5.56 Å². The van der Waals surface area contributed by atoms with Crippen LogP contribution in [-0.2, 0) is 11.3 Å². The highest BCUT2D eigenvalue weighted by Gasteiger charge is 2.09. The third-order valence-electron chi connectivity index (χ3n) is 3.49. The van der Waals surface area contributed by atoms with Gasteiger partial charge in [0.25, 0.3) is 0 Å². The normalized spacial score (nSPS) is 16.1. The Hall–Kier alpha value is -1.30. The Morgan fingerprint density at radius 2 is 1.90 bits per heavy atom. The molecule has 1 fully saturated rings. The molecule has 0 bridgehead atoms. The van der Waals surface area contributed by atoms with Crippen molar-refractivity contribution in [1.82, 2.24) is 10.2 Å². The molecule has 0 amide bonds. The first-order valence-electron chi connectivity index (χ1n) is 7.05. The van der Waals surface area contributed by atoms with Gasteiger partial charge in [-0.1, -0.05) is 6.07 Å². The van der Waals surface area contributed by atoms with Crippen LogP contribution in [0, 0.1) is 0 Å². The second-order valence-corrected chi connectivity index (χ2v) is 4.82. The van der Waals surface area contributed by atoms with E-state index in [0.717, 1.165) is 57.4 Å². The molecule has 5 heteroatoms. The summed E-state index contributed by atoms with van der Waals surface area (Å²) in [4.78, 5) is 2.42. The minimum absolute atomic E-state index is 0.768. The fourth-order valence-corrected chi connectivity index (χ4v) is 2.29. The summed E-state index contributed by atoms with van der Waals surface area (Å²) in [5.74, 6) is 1.55. The Kier molecular flexibility index (Phi) is 6.11. The van der Waals surface area contributed by atoms with Crippen molar-refractivity contribution in [2.75, 3.05) is 53.6 Å². The van der Waals surface area contributed by atoms with E-state index in [4.69, 9.17) is 14.2 Å². The van der Waals surface area contributed by atoms with E-state index in [-0.39, 0.29) is 0 Å². The summed E-state index contributed by atoms with van der Waals surface area (Å²) in [7, 11) is 3.31. The number of hydrogen-bond acceptors (Lipinski definition) is 5. The van der Waals surface area contributed by atoms with Crippen molar-refractivity contribution in [2.24, 2.45) is 0 Å². The summed E-state index contributed by atoms with van der Waals surface area (Å²) >= 11 is 0. The number of benzene rings is 1. The molecule has 1 aliphatic heterocycles. The SMILES string of the molecule is COc1ccc(CNCCN2CCOCC2)cc1OC. The maximum absolute atomic E-state index is 5.33. The number of methoxy groups -OCH3 is 2. The maximum Gasteiger partial charge on any atom is 0.161 e. The van der Waals surface area contributed by atoms with Crippen molar-refractivity contribution in [3.8, 4) is 11.5 Å². The van der Waals surface area contributed by atoms with Crippen LogP contribution in [0.25, 0.3) is 0 Å². The number of nitrogens with zero attached hydrogens (tertiary/aromatic N) is 1. The highest BCUT2D eigenvalue weighted by Crippen LogP contribution is 2.27. The number of ether oxygens (including phenoxy) is 3. The van der Waals surface area contributed by atoms with Crippen LogP contribution in [0.4, 0.5) is 0 Å². The quantitative estimate of drug-likeness (QED) is 0.758. The molecule has 1 aliphatic rings. The summed E-state index contributed by atoms with van der Waals surface area (Å²) in [5, 5.41) is 3.46. The van der Waals surface area contributed by atoms with E-state index in [0.29, 0.717) is 0 Å². The summed E-state index contributed by atoms with van der Waals surface area (Å²) < 4.78 is 15.9. The van der Waals surface area contributed by atoms with Crippen molar-refractivity contribution in [2.45, 2.75) is 6.54 Å². The average Bonchev–Trinajstić information content (AvgIpc) is 2.52. The molecule has 1 aromatic rings. The van der Waals surface area contributed by atoms with E-state index >= 15 is 0 Å². The molecule has 0 spiro atoms. The molecule has 20 heavy (non-hydrogen) atoms. The first-order valence-corrected chi connectivity index (χ1v) is 7.05. The van der Waals surface area contributed by atoms with Gasteiger partial charge in [-0.3, -0.25) is 4.90 Å². The van der Waals surface area contributed by atoms with Crippen LogP contribution in [0.5, 0.6) is 11.5 Å². The molecule has 112 valence electrons. The molecule has 1 heterocycles. The topological polar surface area (TPSA) is 43.0 Å². The van der Waals surface area contributed by atoms with E-state index in [9.17, 15) is 0 Å². The molecular weight excluding hydrogens is 256 g/mol. The van der Waals surface area contributed by atoms with Crippen LogP contribution in [0.2, 0.25) is 0 Å². The Labute approximate surface area is 120 Å². The molecule has 0 aromatic heterocycles. The Morgan fingerprint density at radius 3 is 2.60 bits per heavy atom. The summed E-state index contributed by atoms with van der Waals surface area (Å²) in [6, 6.07) is 6.02. The monoisotopic (exact) mass is 280 g/mol. The van der Waals surface area contributed by atoms with Crippen LogP contribution in [-0.4, -0.2) is 58.5 Å². The first kappa shape index (κ1) is 15.1. The fraction of sp³-hybridized carbons (Fsp3) is 0.600. The molecule has 1 saturated heterocycles. The smallest absolute Gasteiger partial charge is 0.161 e. The lowest BCUT2D eigenvalue weighted by molar-refractivity contribution is 0.0384. The van der Waals surface area contributed by atoms with Gasteiger partial charge in [-0.25, -0.2) is 0 Å². The molecule has 0 unspecified atom stereocenters. The van der Waals surface area contributed by atoms with Gasteiger partial charge in [0.05, 0.1) is 27.4 Å². The highest BCUT2D eigenvalue weighted by molar-refractivity contribution is 5.42. The lowest BCUT2D eigenvalue weighted by Gasteiger charge is -2.26. The van der Waals surface area contributed by atoms with Crippen molar-refractivity contribution < 1.29 is 14.2 Å². The maximum atomic E-state index is 5.33. The van der Waals surface area contributed by atoms with Gasteiger partial charge >= 0.3 is 0 Å². The summed E-state index contributed by atoms with van der Waals surface area (Å²) in [6.45, 7) is 6.68. The molecule has 2 rings (SSSR count). The lowest BCUT2D eigenvalue weighted by atomic mass is 10.2. The van der Waals surface area contributed by atoms with Gasteiger partial charge in [0.2, 0.25) is 0 Å². The number of nitrogens with one attached hydrogen (secondary N) is 1. The van der Waals surface area contributed by atoms with Gasteiger partial charge in [0.1, 0.15) is 0 Å². The predicted octanol–water partition coefficient (Wildman–Crippen LogP) is 1.13. The Morgan fingerprint density at radius 1 is 1.15 bits per heavy atom. The second-order valence-electron chi connectivity index (χ2n) is 4.82. The third kappa shape index (κ3) is 4.37. The van der Waals surface area contributed by atoms with E-state index in [2.05, 4.69) is 16.3 Å². The fourth-order valence-electron chi connectivity index (χ4n) is 2.29. The van der Waals surface area contributed by atoms with Crippen LogP contribution in [0.15, 0.2) is 18.2 Å². The van der Waals surface area contributed by atoms with Gasteiger partial charge < -0.3 is 19.5 Å². The minimum atomic E-state index is 0.768. The number of hydrogen-bond donors (Lipinski definition) is 1. The van der Waals surface area contributed by atoms with Crippen molar-refractivity contribution in [1.29, 1.82) is 0 Å². The van der Waals surface area contributed by atoms with Crippen LogP contribution in [0.3, 0.4) is 0 Å². The van der Waals surface area contributed by atoms with Gasteiger partial charge in [0.15, 0.2) is 11.5 Å². The number of morpholine rings is 1. The molecule has 0 saturated carbocycles.